The van der Waals surface area contributed by atoms with Gasteiger partial charge in [0.15, 0.2) is 0 Å². The van der Waals surface area contributed by atoms with E-state index in [9.17, 15) is 9.00 Å². The summed E-state index contributed by atoms with van der Waals surface area (Å²) in [6.45, 7) is 5.65. The number of pyridine rings is 1. The lowest BCUT2D eigenvalue weighted by molar-refractivity contribution is 0.102. The molecule has 2 heterocycles. The summed E-state index contributed by atoms with van der Waals surface area (Å²) >= 11 is 5.95. The molecule has 27 heavy (non-hydrogen) atoms. The number of benzene rings is 1. The van der Waals surface area contributed by atoms with Crippen molar-refractivity contribution in [3.63, 3.8) is 0 Å². The summed E-state index contributed by atoms with van der Waals surface area (Å²) in [6.07, 6.45) is 3.35. The van der Waals surface area contributed by atoms with E-state index in [1.165, 1.54) is 0 Å². The maximum atomic E-state index is 12.5. The Kier molecular flexibility index (Phi) is 6.17. The smallest absolute Gasteiger partial charge is 0.257 e. The number of carbonyl (C=O) groups is 1. The van der Waals surface area contributed by atoms with Crippen molar-refractivity contribution in [2.75, 3.05) is 29.1 Å². The number of aromatic nitrogens is 1. The van der Waals surface area contributed by atoms with Crippen LogP contribution in [0.2, 0.25) is 5.02 Å². The lowest BCUT2D eigenvalue weighted by Crippen LogP contribution is -2.53. The lowest BCUT2D eigenvalue weighted by atomic mass is 10.0. The molecule has 1 unspecified atom stereocenters. The van der Waals surface area contributed by atoms with E-state index in [0.29, 0.717) is 22.0 Å². The van der Waals surface area contributed by atoms with Gasteiger partial charge in [0.25, 0.3) is 5.91 Å². The van der Waals surface area contributed by atoms with Crippen molar-refractivity contribution in [2.45, 2.75) is 31.4 Å². The highest BCUT2D eigenvalue weighted by atomic mass is 35.5. The molecule has 1 aromatic carbocycles. The second-order valence-electron chi connectivity index (χ2n) is 6.73. The number of hydrogen-bond donors (Lipinski definition) is 1. The van der Waals surface area contributed by atoms with Crippen molar-refractivity contribution >= 4 is 39.8 Å². The molecule has 0 spiro atoms. The standard InChI is InChI=1S/C20H24ClN3O2S/c1-3-20(4-2)14-24(10-11-27(20)26)18-9-8-15(13-22-18)19(25)23-17-7-5-6-16(21)12-17/h5-9,12-13H,3-4,10-11,14H2,1-2H3,(H,23,25). The van der Waals surface area contributed by atoms with Gasteiger partial charge in [-0.25, -0.2) is 4.98 Å². The largest absolute Gasteiger partial charge is 0.354 e. The molecule has 7 heteroatoms. The monoisotopic (exact) mass is 405 g/mol. The minimum atomic E-state index is -0.812. The number of nitrogens with zero attached hydrogens (tertiary/aromatic N) is 2. The third kappa shape index (κ3) is 4.33. The van der Waals surface area contributed by atoms with Gasteiger partial charge in [0.1, 0.15) is 5.82 Å². The molecule has 3 rings (SSSR count). The van der Waals surface area contributed by atoms with Gasteiger partial charge in [0, 0.05) is 46.5 Å². The number of halogens is 1. The van der Waals surface area contributed by atoms with Crippen molar-refractivity contribution in [3.8, 4) is 0 Å². The molecule has 0 bridgehead atoms. The Hall–Kier alpha value is -1.92. The fourth-order valence-electron chi connectivity index (χ4n) is 3.38. The van der Waals surface area contributed by atoms with Gasteiger partial charge in [-0.2, -0.15) is 0 Å². The fraction of sp³-hybridized carbons (Fsp3) is 0.400. The summed E-state index contributed by atoms with van der Waals surface area (Å²) in [7, 11) is -0.812. The van der Waals surface area contributed by atoms with Crippen LogP contribution in [0.15, 0.2) is 42.6 Å². The molecule has 144 valence electrons. The van der Waals surface area contributed by atoms with Crippen molar-refractivity contribution in [2.24, 2.45) is 0 Å². The van der Waals surface area contributed by atoms with Gasteiger partial charge in [0.2, 0.25) is 0 Å². The Morgan fingerprint density at radius 2 is 2.07 bits per heavy atom. The Morgan fingerprint density at radius 3 is 2.70 bits per heavy atom. The first-order chi connectivity index (χ1) is 13.0. The van der Waals surface area contributed by atoms with E-state index < -0.39 is 10.8 Å². The number of anilines is 2. The minimum absolute atomic E-state index is 0.178. The van der Waals surface area contributed by atoms with Crippen LogP contribution in [0, 0.1) is 0 Å². The summed E-state index contributed by atoms with van der Waals surface area (Å²) in [6, 6.07) is 10.7. The van der Waals surface area contributed by atoms with Gasteiger partial charge in [0.05, 0.1) is 10.3 Å². The molecule has 1 saturated heterocycles. The second-order valence-corrected chi connectivity index (χ2v) is 9.13. The fourth-order valence-corrected chi connectivity index (χ4v) is 5.33. The summed E-state index contributed by atoms with van der Waals surface area (Å²) in [5.74, 6) is 1.24. The molecule has 1 aliphatic heterocycles. The van der Waals surface area contributed by atoms with Crippen LogP contribution in [0.4, 0.5) is 11.5 Å². The Morgan fingerprint density at radius 1 is 1.30 bits per heavy atom. The molecule has 1 aliphatic rings. The molecular weight excluding hydrogens is 382 g/mol. The van der Waals surface area contributed by atoms with Crippen molar-refractivity contribution in [1.82, 2.24) is 4.98 Å². The van der Waals surface area contributed by atoms with Gasteiger partial charge in [-0.1, -0.05) is 31.5 Å². The maximum Gasteiger partial charge on any atom is 0.257 e. The Bertz CT molecular complexity index is 837. The first kappa shape index (κ1) is 19.8. The van der Waals surface area contributed by atoms with E-state index in [4.69, 9.17) is 11.6 Å². The van der Waals surface area contributed by atoms with Gasteiger partial charge in [-0.05, 0) is 43.2 Å². The average molecular weight is 406 g/mol. The summed E-state index contributed by atoms with van der Waals surface area (Å²) in [5.41, 5.74) is 1.13. The maximum absolute atomic E-state index is 12.5. The first-order valence-corrected chi connectivity index (χ1v) is 10.8. The van der Waals surface area contributed by atoms with Crippen LogP contribution in [0.5, 0.6) is 0 Å². The van der Waals surface area contributed by atoms with E-state index in [1.54, 1.807) is 36.5 Å². The third-order valence-electron chi connectivity index (χ3n) is 5.21. The average Bonchev–Trinajstić information content (AvgIpc) is 2.69. The molecule has 0 aliphatic carbocycles. The number of carbonyl (C=O) groups excluding carboxylic acids is 1. The molecule has 1 fully saturated rings. The van der Waals surface area contributed by atoms with Crippen LogP contribution in [-0.4, -0.2) is 38.7 Å². The molecule has 1 atom stereocenters. The van der Waals surface area contributed by atoms with Crippen LogP contribution in [0.1, 0.15) is 37.0 Å². The minimum Gasteiger partial charge on any atom is -0.354 e. The second kappa shape index (κ2) is 8.40. The van der Waals surface area contributed by atoms with E-state index in [0.717, 1.165) is 31.7 Å². The summed E-state index contributed by atoms with van der Waals surface area (Å²) in [5, 5.41) is 3.39. The number of amides is 1. The van der Waals surface area contributed by atoms with Gasteiger partial charge < -0.3 is 10.2 Å². The Labute approximate surface area is 167 Å². The van der Waals surface area contributed by atoms with E-state index >= 15 is 0 Å². The normalized spacial score (nSPS) is 18.9. The topological polar surface area (TPSA) is 62.3 Å². The molecule has 2 aromatic rings. The summed E-state index contributed by atoms with van der Waals surface area (Å²) < 4.78 is 12.3. The van der Waals surface area contributed by atoms with Crippen LogP contribution in [0.3, 0.4) is 0 Å². The van der Waals surface area contributed by atoms with Crippen LogP contribution in [0.25, 0.3) is 0 Å². The molecule has 0 saturated carbocycles. The quantitative estimate of drug-likeness (QED) is 0.812. The SMILES string of the molecule is CCC1(CC)CN(c2ccc(C(=O)Nc3cccc(Cl)c3)cn2)CCS1=O. The van der Waals surface area contributed by atoms with E-state index in [-0.39, 0.29) is 10.7 Å². The number of rotatable bonds is 5. The highest BCUT2D eigenvalue weighted by Gasteiger charge is 2.39. The highest BCUT2D eigenvalue weighted by molar-refractivity contribution is 7.86. The molecule has 1 amide bonds. The van der Waals surface area contributed by atoms with Crippen molar-refractivity contribution in [1.29, 1.82) is 0 Å². The number of nitrogens with one attached hydrogen (secondary N) is 1. The molecule has 5 nitrogen and oxygen atoms in total. The van der Waals surface area contributed by atoms with Crippen LogP contribution in [-0.2, 0) is 10.8 Å². The van der Waals surface area contributed by atoms with E-state index in [1.807, 2.05) is 6.07 Å². The molecule has 1 N–H and O–H groups in total. The predicted octanol–water partition coefficient (Wildman–Crippen LogP) is 4.11. The van der Waals surface area contributed by atoms with E-state index in [2.05, 4.69) is 29.0 Å². The Balaban J connectivity index is 1.71. The van der Waals surface area contributed by atoms with Gasteiger partial charge in [-0.3, -0.25) is 9.00 Å². The lowest BCUT2D eigenvalue weighted by Gasteiger charge is -2.41. The zero-order chi connectivity index (χ0) is 19.4. The number of hydrogen-bond acceptors (Lipinski definition) is 4. The van der Waals surface area contributed by atoms with Gasteiger partial charge in [-0.15, -0.1) is 0 Å². The first-order valence-electron chi connectivity index (χ1n) is 9.14. The third-order valence-corrected chi connectivity index (χ3v) is 7.67. The molecular formula is C20H24ClN3O2S. The van der Waals surface area contributed by atoms with Crippen molar-refractivity contribution < 1.29 is 9.00 Å². The van der Waals surface area contributed by atoms with Crippen LogP contribution < -0.4 is 10.2 Å². The zero-order valence-corrected chi connectivity index (χ0v) is 17.1. The molecule has 1 aromatic heterocycles. The predicted molar refractivity (Wildman–Crippen MR) is 112 cm³/mol. The van der Waals surface area contributed by atoms with Crippen molar-refractivity contribution in [3.05, 3.63) is 53.2 Å². The zero-order valence-electron chi connectivity index (χ0n) is 15.6. The highest BCUT2D eigenvalue weighted by Crippen LogP contribution is 2.30. The molecule has 0 radical (unpaired) electrons. The van der Waals surface area contributed by atoms with Gasteiger partial charge >= 0.3 is 0 Å². The summed E-state index contributed by atoms with van der Waals surface area (Å²) in [4.78, 5) is 19.1. The van der Waals surface area contributed by atoms with Crippen LogP contribution >= 0.6 is 11.6 Å².